The molecular weight excluding hydrogens is 250 g/mol. The number of aromatic nitrogens is 3. The van der Waals surface area contributed by atoms with Gasteiger partial charge in [-0.15, -0.1) is 0 Å². The van der Waals surface area contributed by atoms with Crippen LogP contribution in [0, 0.1) is 20.8 Å². The number of nitrogens with one attached hydrogen (secondary N) is 1. The third-order valence-electron chi connectivity index (χ3n) is 3.24. The molecule has 19 heavy (non-hydrogen) atoms. The van der Waals surface area contributed by atoms with Gasteiger partial charge in [0, 0.05) is 5.56 Å². The predicted octanol–water partition coefficient (Wildman–Crippen LogP) is 0.765. The van der Waals surface area contributed by atoms with Crippen molar-refractivity contribution < 1.29 is 9.63 Å². The van der Waals surface area contributed by atoms with Crippen LogP contribution < -0.4 is 11.2 Å². The highest BCUT2D eigenvalue weighted by molar-refractivity contribution is 5.29. The highest BCUT2D eigenvalue weighted by Gasteiger charge is 2.22. The minimum atomic E-state index is -0.666. The molecule has 0 fully saturated rings. The molecule has 7 heteroatoms. The quantitative estimate of drug-likeness (QED) is 0.835. The number of hydrogen-bond acceptors (Lipinski definition) is 5. The topological polar surface area (TPSA) is 101 Å². The van der Waals surface area contributed by atoms with Crippen LogP contribution in [0.5, 0.6) is 5.88 Å². The molecule has 1 atom stereocenters. The zero-order valence-corrected chi connectivity index (χ0v) is 11.1. The summed E-state index contributed by atoms with van der Waals surface area (Å²) in [5.41, 5.74) is 0.188. The molecule has 0 saturated heterocycles. The molecule has 2 N–H and O–H groups in total. The highest BCUT2D eigenvalue weighted by Crippen LogP contribution is 2.26. The molecule has 2 rings (SSSR count). The molecule has 7 nitrogen and oxygen atoms in total. The highest BCUT2D eigenvalue weighted by atomic mass is 16.5. The molecule has 0 aliphatic carbocycles. The van der Waals surface area contributed by atoms with Crippen molar-refractivity contribution >= 4 is 0 Å². The van der Waals surface area contributed by atoms with Gasteiger partial charge in [0.25, 0.3) is 5.56 Å². The molecule has 2 aromatic rings. The van der Waals surface area contributed by atoms with Crippen LogP contribution in [0.4, 0.5) is 0 Å². The van der Waals surface area contributed by atoms with Crippen LogP contribution in [0.25, 0.3) is 0 Å². The molecule has 0 aliphatic heterocycles. The number of aromatic amines is 1. The zero-order chi connectivity index (χ0) is 14.3. The fourth-order valence-corrected chi connectivity index (χ4v) is 2.20. The maximum absolute atomic E-state index is 11.9. The number of H-pyrrole nitrogens is 1. The molecule has 2 heterocycles. The van der Waals surface area contributed by atoms with Crippen LogP contribution in [0.2, 0.25) is 0 Å². The molecule has 0 bridgehead atoms. The number of nitrogens with zero attached hydrogens (tertiary/aromatic N) is 2. The van der Waals surface area contributed by atoms with Gasteiger partial charge in [0.15, 0.2) is 0 Å². The first-order valence-corrected chi connectivity index (χ1v) is 5.81. The summed E-state index contributed by atoms with van der Waals surface area (Å²) in [5.74, 6) is 0.224. The lowest BCUT2D eigenvalue weighted by atomic mass is 10.1. The molecule has 2 aromatic heterocycles. The van der Waals surface area contributed by atoms with Crippen LogP contribution in [0.3, 0.4) is 0 Å². The van der Waals surface area contributed by atoms with E-state index in [0.717, 1.165) is 4.57 Å². The normalized spacial score (nSPS) is 12.6. The van der Waals surface area contributed by atoms with Gasteiger partial charge in [0.05, 0.1) is 17.3 Å². The fourth-order valence-electron chi connectivity index (χ4n) is 2.20. The Morgan fingerprint density at radius 2 is 1.95 bits per heavy atom. The largest absolute Gasteiger partial charge is 0.494 e. The van der Waals surface area contributed by atoms with Crippen molar-refractivity contribution in [2.24, 2.45) is 0 Å². The second-order valence-corrected chi connectivity index (χ2v) is 4.49. The third-order valence-corrected chi connectivity index (χ3v) is 3.24. The van der Waals surface area contributed by atoms with Crippen molar-refractivity contribution in [2.75, 3.05) is 0 Å². The first-order valence-electron chi connectivity index (χ1n) is 5.81. The summed E-state index contributed by atoms with van der Waals surface area (Å²) in [7, 11) is 0. The lowest BCUT2D eigenvalue weighted by Crippen LogP contribution is -2.33. The van der Waals surface area contributed by atoms with Gasteiger partial charge in [-0.05, 0) is 27.7 Å². The Balaban J connectivity index is 2.70. The van der Waals surface area contributed by atoms with Crippen LogP contribution >= 0.6 is 0 Å². The Bertz CT molecular complexity index is 719. The Labute approximate surface area is 108 Å². The number of rotatable bonds is 2. The molecule has 0 amide bonds. The van der Waals surface area contributed by atoms with E-state index < -0.39 is 17.3 Å². The number of hydrogen-bond donors (Lipinski definition) is 2. The lowest BCUT2D eigenvalue weighted by Gasteiger charge is -2.17. The summed E-state index contributed by atoms with van der Waals surface area (Å²) in [6, 6.07) is -0.491. The van der Waals surface area contributed by atoms with E-state index in [1.807, 2.05) is 0 Å². The van der Waals surface area contributed by atoms with E-state index in [4.69, 9.17) is 4.52 Å². The van der Waals surface area contributed by atoms with Gasteiger partial charge >= 0.3 is 5.69 Å². The van der Waals surface area contributed by atoms with E-state index in [9.17, 15) is 14.7 Å². The van der Waals surface area contributed by atoms with Crippen molar-refractivity contribution in [1.29, 1.82) is 0 Å². The summed E-state index contributed by atoms with van der Waals surface area (Å²) in [6.45, 7) is 6.66. The predicted molar refractivity (Wildman–Crippen MR) is 67.5 cm³/mol. The van der Waals surface area contributed by atoms with Crippen LogP contribution in [-0.2, 0) is 0 Å². The van der Waals surface area contributed by atoms with Gasteiger partial charge in [-0.25, -0.2) is 4.79 Å². The molecule has 0 aliphatic rings. The molecule has 0 saturated carbocycles. The summed E-state index contributed by atoms with van der Waals surface area (Å²) in [5, 5.41) is 13.8. The van der Waals surface area contributed by atoms with Crippen molar-refractivity contribution in [1.82, 2.24) is 14.7 Å². The van der Waals surface area contributed by atoms with E-state index >= 15 is 0 Å². The van der Waals surface area contributed by atoms with Crippen LogP contribution in [0.15, 0.2) is 14.1 Å². The summed E-state index contributed by atoms with van der Waals surface area (Å²) in [4.78, 5) is 25.4. The van der Waals surface area contributed by atoms with Gasteiger partial charge in [-0.3, -0.25) is 14.3 Å². The minimum absolute atomic E-state index is 0.0956. The van der Waals surface area contributed by atoms with Crippen molar-refractivity contribution in [3.05, 3.63) is 43.4 Å². The van der Waals surface area contributed by atoms with E-state index in [2.05, 4.69) is 10.1 Å². The molecule has 0 radical (unpaired) electrons. The van der Waals surface area contributed by atoms with Crippen LogP contribution in [0.1, 0.15) is 35.5 Å². The molecule has 0 spiro atoms. The van der Waals surface area contributed by atoms with Gasteiger partial charge in [0.2, 0.25) is 5.88 Å². The SMILES string of the molecule is Cc1noc(C)c1C(C)n1c(O)c(C)c(=O)[nH]c1=O. The minimum Gasteiger partial charge on any atom is -0.494 e. The number of aromatic hydroxyl groups is 1. The van der Waals surface area contributed by atoms with Crippen molar-refractivity contribution in [3.63, 3.8) is 0 Å². The Morgan fingerprint density at radius 3 is 2.47 bits per heavy atom. The van der Waals surface area contributed by atoms with Crippen molar-refractivity contribution in [2.45, 2.75) is 33.7 Å². The summed E-state index contributed by atoms with van der Waals surface area (Å²) < 4.78 is 6.17. The standard InChI is InChI=1S/C12H15N3O4/c1-5-10(16)13-12(18)15(11(5)17)7(3)9-6(2)14-19-8(9)4/h7,17H,1-4H3,(H,13,16,18). The maximum atomic E-state index is 11.9. The molecule has 0 aromatic carbocycles. The first-order chi connectivity index (χ1) is 8.84. The Hall–Kier alpha value is -2.31. The van der Waals surface area contributed by atoms with E-state index in [1.54, 1.807) is 20.8 Å². The average Bonchev–Trinajstić information content (AvgIpc) is 2.66. The third kappa shape index (κ3) is 1.96. The van der Waals surface area contributed by atoms with E-state index in [1.165, 1.54) is 6.92 Å². The summed E-state index contributed by atoms with van der Waals surface area (Å²) in [6.07, 6.45) is 0. The van der Waals surface area contributed by atoms with Crippen molar-refractivity contribution in [3.8, 4) is 5.88 Å². The second kappa shape index (κ2) is 4.42. The lowest BCUT2D eigenvalue weighted by molar-refractivity contribution is 0.377. The average molecular weight is 265 g/mol. The Morgan fingerprint density at radius 1 is 1.32 bits per heavy atom. The monoisotopic (exact) mass is 265 g/mol. The van der Waals surface area contributed by atoms with Gasteiger partial charge in [-0.2, -0.15) is 0 Å². The molecule has 102 valence electrons. The summed E-state index contributed by atoms with van der Waals surface area (Å²) >= 11 is 0. The first kappa shape index (κ1) is 13.1. The Kier molecular flexibility index (Phi) is 3.05. The number of aryl methyl sites for hydroxylation is 2. The molecular formula is C12H15N3O4. The molecule has 1 unspecified atom stereocenters. The van der Waals surface area contributed by atoms with Gasteiger partial charge in [0.1, 0.15) is 5.76 Å². The smallest absolute Gasteiger partial charge is 0.331 e. The van der Waals surface area contributed by atoms with E-state index in [-0.39, 0.29) is 11.4 Å². The zero-order valence-electron chi connectivity index (χ0n) is 11.1. The van der Waals surface area contributed by atoms with Gasteiger partial charge in [-0.1, -0.05) is 5.16 Å². The maximum Gasteiger partial charge on any atom is 0.331 e. The van der Waals surface area contributed by atoms with E-state index in [0.29, 0.717) is 17.0 Å². The second-order valence-electron chi connectivity index (χ2n) is 4.49. The van der Waals surface area contributed by atoms with Crippen LogP contribution in [-0.4, -0.2) is 19.8 Å². The van der Waals surface area contributed by atoms with Gasteiger partial charge < -0.3 is 9.63 Å². The fraction of sp³-hybridized carbons (Fsp3) is 0.417.